The van der Waals surface area contributed by atoms with Crippen LogP contribution in [0.3, 0.4) is 0 Å². The zero-order valence-electron chi connectivity index (χ0n) is 16.3. The van der Waals surface area contributed by atoms with Gasteiger partial charge in [-0.25, -0.2) is 0 Å². The molecule has 0 saturated carbocycles. The summed E-state index contributed by atoms with van der Waals surface area (Å²) in [7, 11) is 0. The van der Waals surface area contributed by atoms with Gasteiger partial charge in [0, 0.05) is 40.5 Å². The standard InChI is InChI=1S/C25H21N3O2/c29-23-13-10-17-14-18(11-12-21(17)28-23)27-24(16-6-2-1-3-7-16)25(30)20-15-26-22-9-5-4-8-19(20)22/h1-9,11-12,14-15,24,26-27H,10,13H2,(H,28,29). The molecule has 2 heterocycles. The van der Waals surface area contributed by atoms with Crippen LogP contribution in [0.5, 0.6) is 0 Å². The first kappa shape index (κ1) is 18.2. The number of H-pyrrole nitrogens is 1. The number of amides is 1. The van der Waals surface area contributed by atoms with Crippen LogP contribution in [-0.2, 0) is 11.2 Å². The fourth-order valence-electron chi connectivity index (χ4n) is 4.02. The zero-order valence-corrected chi connectivity index (χ0v) is 16.3. The lowest BCUT2D eigenvalue weighted by molar-refractivity contribution is -0.116. The average molecular weight is 395 g/mol. The van der Waals surface area contributed by atoms with Gasteiger partial charge in [-0.2, -0.15) is 0 Å². The van der Waals surface area contributed by atoms with Crippen LogP contribution in [-0.4, -0.2) is 16.7 Å². The Hall–Kier alpha value is -3.86. The first-order valence-electron chi connectivity index (χ1n) is 10.0. The molecule has 0 bridgehead atoms. The maximum absolute atomic E-state index is 13.6. The molecule has 0 radical (unpaired) electrons. The van der Waals surface area contributed by atoms with E-state index in [9.17, 15) is 9.59 Å². The quantitative estimate of drug-likeness (QED) is 0.412. The number of carbonyl (C=O) groups is 2. The number of fused-ring (bicyclic) bond motifs is 2. The number of carbonyl (C=O) groups excluding carboxylic acids is 2. The van der Waals surface area contributed by atoms with E-state index in [0.717, 1.165) is 33.4 Å². The van der Waals surface area contributed by atoms with Crippen molar-refractivity contribution in [2.24, 2.45) is 0 Å². The van der Waals surface area contributed by atoms with E-state index in [4.69, 9.17) is 0 Å². The highest BCUT2D eigenvalue weighted by molar-refractivity contribution is 6.11. The highest BCUT2D eigenvalue weighted by Crippen LogP contribution is 2.30. The predicted molar refractivity (Wildman–Crippen MR) is 119 cm³/mol. The maximum Gasteiger partial charge on any atom is 0.224 e. The monoisotopic (exact) mass is 395 g/mol. The van der Waals surface area contributed by atoms with Crippen molar-refractivity contribution in [2.45, 2.75) is 18.9 Å². The second-order valence-electron chi connectivity index (χ2n) is 7.52. The summed E-state index contributed by atoms with van der Waals surface area (Å²) >= 11 is 0. The number of nitrogens with one attached hydrogen (secondary N) is 3. The molecule has 1 aliphatic rings. The molecule has 3 N–H and O–H groups in total. The van der Waals surface area contributed by atoms with E-state index in [1.54, 1.807) is 6.20 Å². The lowest BCUT2D eigenvalue weighted by Crippen LogP contribution is -2.22. The van der Waals surface area contributed by atoms with Crippen molar-refractivity contribution in [3.05, 3.63) is 95.7 Å². The molecule has 1 aliphatic heterocycles. The maximum atomic E-state index is 13.6. The van der Waals surface area contributed by atoms with Crippen molar-refractivity contribution < 1.29 is 9.59 Å². The van der Waals surface area contributed by atoms with Crippen LogP contribution < -0.4 is 10.6 Å². The normalized spacial score (nSPS) is 14.1. The Morgan fingerprint density at radius 2 is 1.73 bits per heavy atom. The van der Waals surface area contributed by atoms with Crippen molar-refractivity contribution >= 4 is 34.0 Å². The third-order valence-corrected chi connectivity index (χ3v) is 5.56. The van der Waals surface area contributed by atoms with E-state index >= 15 is 0 Å². The molecule has 0 fully saturated rings. The number of rotatable bonds is 5. The SMILES string of the molecule is O=C1CCc2cc(NC(C(=O)c3c[nH]c4ccccc34)c3ccccc3)ccc2N1. The molecular weight excluding hydrogens is 374 g/mol. The zero-order chi connectivity index (χ0) is 20.5. The van der Waals surface area contributed by atoms with Crippen LogP contribution in [0.2, 0.25) is 0 Å². The van der Waals surface area contributed by atoms with E-state index in [0.29, 0.717) is 18.4 Å². The number of ketones is 1. The molecule has 3 aromatic carbocycles. The second-order valence-corrected chi connectivity index (χ2v) is 7.52. The summed E-state index contributed by atoms with van der Waals surface area (Å²) in [6.45, 7) is 0. The van der Waals surface area contributed by atoms with Gasteiger partial charge in [-0.3, -0.25) is 9.59 Å². The second kappa shape index (κ2) is 7.52. The van der Waals surface area contributed by atoms with Gasteiger partial charge in [0.1, 0.15) is 6.04 Å². The fraction of sp³-hybridized carbons (Fsp3) is 0.120. The third kappa shape index (κ3) is 3.35. The Bertz CT molecular complexity index is 1240. The molecule has 0 spiro atoms. The molecule has 1 atom stereocenters. The van der Waals surface area contributed by atoms with Gasteiger partial charge in [0.25, 0.3) is 0 Å². The van der Waals surface area contributed by atoms with Crippen LogP contribution in [0.1, 0.15) is 33.9 Å². The molecule has 4 aromatic rings. The van der Waals surface area contributed by atoms with Gasteiger partial charge < -0.3 is 15.6 Å². The van der Waals surface area contributed by atoms with Gasteiger partial charge in [0.2, 0.25) is 5.91 Å². The van der Waals surface area contributed by atoms with Crippen LogP contribution in [0, 0.1) is 0 Å². The topological polar surface area (TPSA) is 74.0 Å². The minimum atomic E-state index is -0.526. The van der Waals surface area contributed by atoms with Gasteiger partial charge in [0.15, 0.2) is 5.78 Å². The molecule has 1 amide bonds. The number of hydrogen-bond donors (Lipinski definition) is 3. The Morgan fingerprint density at radius 1 is 0.933 bits per heavy atom. The third-order valence-electron chi connectivity index (χ3n) is 5.56. The lowest BCUT2D eigenvalue weighted by Gasteiger charge is -2.22. The number of hydrogen-bond acceptors (Lipinski definition) is 3. The van der Waals surface area contributed by atoms with E-state index in [-0.39, 0.29) is 11.7 Å². The minimum Gasteiger partial charge on any atom is -0.371 e. The minimum absolute atomic E-state index is 0.00433. The van der Waals surface area contributed by atoms with Crippen molar-refractivity contribution in [1.82, 2.24) is 4.98 Å². The molecule has 1 unspecified atom stereocenters. The van der Waals surface area contributed by atoms with Crippen LogP contribution in [0.4, 0.5) is 11.4 Å². The number of para-hydroxylation sites is 1. The number of Topliss-reactive ketones (excluding diaryl/α,β-unsaturated/α-hetero) is 1. The lowest BCUT2D eigenvalue weighted by atomic mass is 9.96. The summed E-state index contributed by atoms with van der Waals surface area (Å²) in [6, 6.07) is 22.9. The van der Waals surface area contributed by atoms with Crippen LogP contribution in [0.15, 0.2) is 79.0 Å². The van der Waals surface area contributed by atoms with Crippen LogP contribution >= 0.6 is 0 Å². The number of benzene rings is 3. The molecule has 30 heavy (non-hydrogen) atoms. The molecule has 5 heteroatoms. The van der Waals surface area contributed by atoms with E-state index in [1.165, 1.54) is 0 Å². The summed E-state index contributed by atoms with van der Waals surface area (Å²) in [5, 5.41) is 7.25. The highest BCUT2D eigenvalue weighted by Gasteiger charge is 2.25. The summed E-state index contributed by atoms with van der Waals surface area (Å²) in [5.74, 6) is 0.0459. The van der Waals surface area contributed by atoms with Gasteiger partial charge in [-0.05, 0) is 41.8 Å². The Kier molecular flexibility index (Phi) is 4.56. The van der Waals surface area contributed by atoms with Gasteiger partial charge in [-0.15, -0.1) is 0 Å². The number of anilines is 2. The van der Waals surface area contributed by atoms with E-state index in [1.807, 2.05) is 72.8 Å². The molecule has 0 aliphatic carbocycles. The predicted octanol–water partition coefficient (Wildman–Crippen LogP) is 5.09. The van der Waals surface area contributed by atoms with Crippen molar-refractivity contribution in [1.29, 1.82) is 0 Å². The first-order valence-corrected chi connectivity index (χ1v) is 10.0. The Morgan fingerprint density at radius 3 is 2.60 bits per heavy atom. The summed E-state index contributed by atoms with van der Waals surface area (Å²) in [4.78, 5) is 28.4. The smallest absolute Gasteiger partial charge is 0.224 e. The Balaban J connectivity index is 1.52. The largest absolute Gasteiger partial charge is 0.371 e. The summed E-state index contributed by atoms with van der Waals surface area (Å²) in [6.07, 6.45) is 2.96. The fourth-order valence-corrected chi connectivity index (χ4v) is 4.02. The average Bonchev–Trinajstić information content (AvgIpc) is 3.22. The molecule has 0 saturated heterocycles. The molecule has 5 rings (SSSR count). The molecular formula is C25H21N3O2. The highest BCUT2D eigenvalue weighted by atomic mass is 16.1. The summed E-state index contributed by atoms with van der Waals surface area (Å²) < 4.78 is 0. The van der Waals surface area contributed by atoms with Crippen molar-refractivity contribution in [2.75, 3.05) is 10.6 Å². The van der Waals surface area contributed by atoms with Crippen molar-refractivity contribution in [3.8, 4) is 0 Å². The number of aromatic amines is 1. The number of aryl methyl sites for hydroxylation is 1. The van der Waals surface area contributed by atoms with Gasteiger partial charge in [0.05, 0.1) is 0 Å². The van der Waals surface area contributed by atoms with Crippen LogP contribution in [0.25, 0.3) is 10.9 Å². The summed E-state index contributed by atoms with van der Waals surface area (Å²) in [5.41, 5.74) is 5.28. The molecule has 148 valence electrons. The molecule has 5 nitrogen and oxygen atoms in total. The Labute approximate surface area is 174 Å². The van der Waals surface area contributed by atoms with E-state index < -0.39 is 6.04 Å². The first-order chi connectivity index (χ1) is 14.7. The van der Waals surface area contributed by atoms with E-state index in [2.05, 4.69) is 15.6 Å². The van der Waals surface area contributed by atoms with Gasteiger partial charge >= 0.3 is 0 Å². The molecule has 1 aromatic heterocycles. The number of aromatic nitrogens is 1. The van der Waals surface area contributed by atoms with Crippen molar-refractivity contribution in [3.63, 3.8) is 0 Å². The van der Waals surface area contributed by atoms with Gasteiger partial charge in [-0.1, -0.05) is 48.5 Å².